The van der Waals surface area contributed by atoms with Crippen LogP contribution in [0.5, 0.6) is 0 Å². The summed E-state index contributed by atoms with van der Waals surface area (Å²) < 4.78 is 0. The Morgan fingerprint density at radius 2 is 1.13 bits per heavy atom. The molecule has 2 nitrogen and oxygen atoms in total. The summed E-state index contributed by atoms with van der Waals surface area (Å²) in [5.74, 6) is 0. The van der Waals surface area contributed by atoms with Gasteiger partial charge in [0.15, 0.2) is 0 Å². The van der Waals surface area contributed by atoms with E-state index in [9.17, 15) is 0 Å². The molecule has 3 heteroatoms. The Morgan fingerprint density at radius 1 is 0.800 bits per heavy atom. The van der Waals surface area contributed by atoms with E-state index < -0.39 is 0 Å². The van der Waals surface area contributed by atoms with Crippen LogP contribution >= 0.6 is 0 Å². The van der Waals surface area contributed by atoms with E-state index in [4.69, 9.17) is 0 Å². The van der Waals surface area contributed by atoms with Crippen molar-refractivity contribution in [1.29, 1.82) is 0 Å². The zero-order valence-corrected chi connectivity index (χ0v) is 13.3. The van der Waals surface area contributed by atoms with Gasteiger partial charge in [-0.25, -0.2) is 0 Å². The van der Waals surface area contributed by atoms with E-state index in [0.29, 0.717) is 17.1 Å². The molecule has 0 fully saturated rings. The largest absolute Gasteiger partial charge is 0.301 e. The summed E-state index contributed by atoms with van der Waals surface area (Å²) in [6, 6.07) is 1.08. The highest BCUT2D eigenvalue weighted by atomic mass is 28.2. The molecule has 0 saturated carbocycles. The van der Waals surface area contributed by atoms with Gasteiger partial charge in [0.1, 0.15) is 0 Å². The van der Waals surface area contributed by atoms with E-state index in [0.717, 1.165) is 0 Å². The Hall–Kier alpha value is 0.137. The first-order chi connectivity index (χ1) is 6.54. The molecule has 0 aliphatic carbocycles. The molecule has 0 aromatic rings. The molecule has 0 radical (unpaired) electrons. The minimum atomic E-state index is -0.241. The lowest BCUT2D eigenvalue weighted by atomic mass is 10.2. The summed E-state index contributed by atoms with van der Waals surface area (Å²) in [6.07, 6.45) is 0. The topological polar surface area (TPSA) is 24.1 Å². The molecule has 0 spiro atoms. The first kappa shape index (κ1) is 15.1. The molecule has 0 amide bonds. The normalized spacial score (nSPS) is 14.8. The van der Waals surface area contributed by atoms with E-state index in [2.05, 4.69) is 66.0 Å². The maximum atomic E-state index is 3.69. The van der Waals surface area contributed by atoms with Crippen LogP contribution < -0.4 is 10.6 Å². The highest BCUT2D eigenvalue weighted by Crippen LogP contribution is 2.24. The second-order valence-corrected chi connectivity index (χ2v) is 10.6. The Balaban J connectivity index is 4.54. The van der Waals surface area contributed by atoms with Crippen molar-refractivity contribution >= 4 is 9.52 Å². The molecular weight excluding hydrogens is 200 g/mol. The summed E-state index contributed by atoms with van der Waals surface area (Å²) >= 11 is 0. The highest BCUT2D eigenvalue weighted by molar-refractivity contribution is 6.43. The minimum Gasteiger partial charge on any atom is -0.301 e. The third kappa shape index (κ3) is 8.00. The van der Waals surface area contributed by atoms with E-state index in [1.165, 1.54) is 0 Å². The van der Waals surface area contributed by atoms with Crippen LogP contribution in [0.2, 0.25) is 5.04 Å². The molecule has 0 heterocycles. The van der Waals surface area contributed by atoms with Crippen molar-refractivity contribution in [2.45, 2.75) is 77.8 Å². The van der Waals surface area contributed by atoms with Crippen molar-refractivity contribution in [2.24, 2.45) is 0 Å². The van der Waals surface area contributed by atoms with Crippen LogP contribution in [0.15, 0.2) is 0 Å². The first-order valence-corrected chi connectivity index (χ1v) is 7.51. The lowest BCUT2D eigenvalue weighted by Crippen LogP contribution is -2.64. The maximum Gasteiger partial charge on any atom is 0.0681 e. The van der Waals surface area contributed by atoms with Gasteiger partial charge in [0.05, 0.1) is 9.52 Å². The third-order valence-corrected chi connectivity index (χ3v) is 4.27. The Labute approximate surface area is 98.4 Å². The molecule has 0 unspecified atom stereocenters. The summed E-state index contributed by atoms with van der Waals surface area (Å²) in [7, 11) is -0.241. The minimum absolute atomic E-state index is 0.167. The van der Waals surface area contributed by atoms with Gasteiger partial charge in [-0.1, -0.05) is 20.8 Å². The quantitative estimate of drug-likeness (QED) is 0.558. The summed E-state index contributed by atoms with van der Waals surface area (Å²) in [6.45, 7) is 18.2. The molecule has 0 rings (SSSR count). The lowest BCUT2D eigenvalue weighted by Gasteiger charge is -2.40. The number of hydrogen-bond acceptors (Lipinski definition) is 2. The standard InChI is InChI=1S/C12H30N2Si/c1-9(2)13-12(8,14-10(3)4)15-11(5,6)7/h9-10,13-14H,15H2,1-8H3. The molecular formula is C12H30N2Si. The van der Waals surface area contributed by atoms with Crippen LogP contribution in [0.1, 0.15) is 55.4 Å². The Bertz CT molecular complexity index is 173. The molecule has 0 bridgehead atoms. The SMILES string of the molecule is CC(C)NC(C)(NC(C)C)[SiH2]C(C)(C)C. The van der Waals surface area contributed by atoms with Crippen LogP contribution in [0.3, 0.4) is 0 Å². The van der Waals surface area contributed by atoms with Crippen molar-refractivity contribution in [3.63, 3.8) is 0 Å². The van der Waals surface area contributed by atoms with Gasteiger partial charge < -0.3 is 10.6 Å². The molecule has 2 N–H and O–H groups in total. The number of rotatable bonds is 5. The Kier molecular flexibility index (Phi) is 5.51. The van der Waals surface area contributed by atoms with Crippen molar-refractivity contribution in [3.05, 3.63) is 0 Å². The lowest BCUT2D eigenvalue weighted by molar-refractivity contribution is 0.332. The fraction of sp³-hybridized carbons (Fsp3) is 1.00. The van der Waals surface area contributed by atoms with Crippen molar-refractivity contribution < 1.29 is 0 Å². The van der Waals surface area contributed by atoms with Crippen molar-refractivity contribution in [1.82, 2.24) is 10.6 Å². The molecule has 0 saturated heterocycles. The smallest absolute Gasteiger partial charge is 0.0681 e. The predicted octanol–water partition coefficient (Wildman–Crippen LogP) is 2.04. The summed E-state index contributed by atoms with van der Waals surface area (Å²) in [4.78, 5) is 0. The molecule has 0 atom stereocenters. The zero-order chi connectivity index (χ0) is 12.3. The average Bonchev–Trinajstić information content (AvgIpc) is 1.73. The van der Waals surface area contributed by atoms with Crippen LogP contribution in [-0.2, 0) is 0 Å². The number of nitrogens with one attached hydrogen (secondary N) is 2. The van der Waals surface area contributed by atoms with E-state index >= 15 is 0 Å². The van der Waals surface area contributed by atoms with Crippen LogP contribution in [0.25, 0.3) is 0 Å². The third-order valence-electron chi connectivity index (χ3n) is 2.10. The van der Waals surface area contributed by atoms with Gasteiger partial charge in [0, 0.05) is 17.4 Å². The van der Waals surface area contributed by atoms with Gasteiger partial charge >= 0.3 is 0 Å². The van der Waals surface area contributed by atoms with Crippen LogP contribution in [0, 0.1) is 0 Å². The second-order valence-electron chi connectivity index (χ2n) is 6.67. The molecule has 0 aliphatic heterocycles. The second kappa shape index (κ2) is 5.46. The molecule has 0 aromatic carbocycles. The first-order valence-electron chi connectivity index (χ1n) is 6.09. The van der Waals surface area contributed by atoms with E-state index in [1.807, 2.05) is 0 Å². The van der Waals surface area contributed by atoms with Gasteiger partial charge in [-0.2, -0.15) is 0 Å². The Morgan fingerprint density at radius 3 is 1.33 bits per heavy atom. The monoisotopic (exact) mass is 230 g/mol. The van der Waals surface area contributed by atoms with E-state index in [-0.39, 0.29) is 14.8 Å². The summed E-state index contributed by atoms with van der Waals surface area (Å²) in [5.41, 5.74) is 0. The van der Waals surface area contributed by atoms with Gasteiger partial charge in [-0.3, -0.25) is 0 Å². The molecule has 0 aromatic heterocycles. The summed E-state index contributed by atoms with van der Waals surface area (Å²) in [5, 5.41) is 8.03. The van der Waals surface area contributed by atoms with Gasteiger partial charge in [-0.15, -0.1) is 0 Å². The van der Waals surface area contributed by atoms with Gasteiger partial charge in [0.2, 0.25) is 0 Å². The van der Waals surface area contributed by atoms with Crippen molar-refractivity contribution in [2.75, 3.05) is 0 Å². The fourth-order valence-corrected chi connectivity index (χ4v) is 5.62. The number of hydrogen-bond donors (Lipinski definition) is 2. The average molecular weight is 230 g/mol. The molecule has 92 valence electrons. The fourth-order valence-electron chi connectivity index (χ4n) is 2.48. The predicted molar refractivity (Wildman–Crippen MR) is 73.2 cm³/mol. The van der Waals surface area contributed by atoms with Crippen molar-refractivity contribution in [3.8, 4) is 0 Å². The van der Waals surface area contributed by atoms with Gasteiger partial charge in [0.25, 0.3) is 0 Å². The maximum absolute atomic E-state index is 3.69. The molecule has 0 aliphatic rings. The van der Waals surface area contributed by atoms with Gasteiger partial charge in [-0.05, 0) is 39.7 Å². The zero-order valence-electron chi connectivity index (χ0n) is 11.9. The van der Waals surface area contributed by atoms with Crippen LogP contribution in [0.4, 0.5) is 0 Å². The van der Waals surface area contributed by atoms with E-state index in [1.54, 1.807) is 0 Å². The highest BCUT2D eigenvalue weighted by Gasteiger charge is 2.31. The van der Waals surface area contributed by atoms with Crippen LogP contribution in [-0.4, -0.2) is 26.9 Å². The molecule has 15 heavy (non-hydrogen) atoms.